The minimum Gasteiger partial charge on any atom is -0.383 e. The third-order valence-electron chi connectivity index (χ3n) is 7.10. The molecule has 0 spiro atoms. The maximum atomic E-state index is 5.24. The highest BCUT2D eigenvalue weighted by Gasteiger charge is 2.26. The van der Waals surface area contributed by atoms with E-state index in [0.717, 1.165) is 59.4 Å². The fourth-order valence-electron chi connectivity index (χ4n) is 4.98. The Balaban J connectivity index is 1.45. The summed E-state index contributed by atoms with van der Waals surface area (Å²) in [7, 11) is 1.77. The summed E-state index contributed by atoms with van der Waals surface area (Å²) in [6.45, 7) is 12.7. The molecular weight excluding hydrogens is 446 g/mol. The molecule has 0 unspecified atom stereocenters. The van der Waals surface area contributed by atoms with E-state index < -0.39 is 0 Å². The number of nitrogens with zero attached hydrogens (tertiary/aromatic N) is 6. The standard InChI is InChI=1S/C25H33N7OS/c1-15(2)21-22(19-13-32-24(27-14-28-32)17(4)16(19)3)29-30-23(21)25-26-12-20(34-25)18-6-8-31(9-7-18)10-11-33-5/h12-15,18H,6-11H2,1-5H3,(H,29,30). The van der Waals surface area contributed by atoms with Crippen molar-refractivity contribution >= 4 is 17.0 Å². The van der Waals surface area contributed by atoms with Crippen molar-refractivity contribution < 1.29 is 4.74 Å². The van der Waals surface area contributed by atoms with E-state index in [1.807, 2.05) is 4.52 Å². The first-order valence-electron chi connectivity index (χ1n) is 12.0. The van der Waals surface area contributed by atoms with E-state index in [0.29, 0.717) is 11.8 Å². The zero-order chi connectivity index (χ0) is 23.8. The molecule has 8 nitrogen and oxygen atoms in total. The number of pyridine rings is 1. The number of hydrogen-bond donors (Lipinski definition) is 1. The van der Waals surface area contributed by atoms with Crippen molar-refractivity contribution in [2.75, 3.05) is 33.4 Å². The minimum absolute atomic E-state index is 0.297. The van der Waals surface area contributed by atoms with Crippen LogP contribution in [0.2, 0.25) is 0 Å². The number of nitrogens with one attached hydrogen (secondary N) is 1. The predicted molar refractivity (Wildman–Crippen MR) is 136 cm³/mol. The molecule has 1 aliphatic rings. The summed E-state index contributed by atoms with van der Waals surface area (Å²) in [5.41, 5.74) is 7.55. The lowest BCUT2D eigenvalue weighted by Crippen LogP contribution is -2.35. The van der Waals surface area contributed by atoms with Gasteiger partial charge in [-0.1, -0.05) is 13.8 Å². The largest absolute Gasteiger partial charge is 0.383 e. The molecule has 4 aromatic rings. The number of H-pyrrole nitrogens is 1. The number of methoxy groups -OCH3 is 1. The van der Waals surface area contributed by atoms with Crippen LogP contribution in [0.25, 0.3) is 27.6 Å². The van der Waals surface area contributed by atoms with Crippen molar-refractivity contribution in [3.63, 3.8) is 0 Å². The summed E-state index contributed by atoms with van der Waals surface area (Å²) >= 11 is 1.80. The van der Waals surface area contributed by atoms with E-state index in [-0.39, 0.29) is 0 Å². The topological polar surface area (TPSA) is 84.2 Å². The van der Waals surface area contributed by atoms with Crippen LogP contribution >= 0.6 is 11.3 Å². The van der Waals surface area contributed by atoms with Crippen molar-refractivity contribution in [3.05, 3.63) is 40.3 Å². The number of aryl methyl sites for hydroxylation is 1. The second-order valence-corrected chi connectivity index (χ2v) is 10.6. The van der Waals surface area contributed by atoms with Crippen LogP contribution in [0.3, 0.4) is 0 Å². The van der Waals surface area contributed by atoms with Gasteiger partial charge in [0.1, 0.15) is 17.0 Å². The van der Waals surface area contributed by atoms with Crippen LogP contribution in [0, 0.1) is 13.8 Å². The zero-order valence-electron chi connectivity index (χ0n) is 20.6. The van der Waals surface area contributed by atoms with Crippen LogP contribution in [-0.2, 0) is 4.74 Å². The molecule has 0 bridgehead atoms. The van der Waals surface area contributed by atoms with Crippen molar-refractivity contribution in [2.24, 2.45) is 0 Å². The molecule has 180 valence electrons. The molecule has 1 N–H and O–H groups in total. The molecule has 0 saturated carbocycles. The highest BCUT2D eigenvalue weighted by Crippen LogP contribution is 2.40. The molecule has 1 saturated heterocycles. The Kier molecular flexibility index (Phi) is 6.50. The molecular formula is C25H33N7OS. The van der Waals surface area contributed by atoms with Gasteiger partial charge in [0.15, 0.2) is 5.65 Å². The Labute approximate surface area is 204 Å². The lowest BCUT2D eigenvalue weighted by Gasteiger charge is -2.31. The van der Waals surface area contributed by atoms with Gasteiger partial charge in [0.05, 0.1) is 12.3 Å². The van der Waals surface area contributed by atoms with Crippen LogP contribution < -0.4 is 0 Å². The van der Waals surface area contributed by atoms with Crippen molar-refractivity contribution in [3.8, 4) is 22.0 Å². The number of piperidine rings is 1. The van der Waals surface area contributed by atoms with Gasteiger partial charge in [-0.15, -0.1) is 11.3 Å². The maximum Gasteiger partial charge on any atom is 0.158 e. The fourth-order valence-corrected chi connectivity index (χ4v) is 6.07. The number of fused-ring (bicyclic) bond motifs is 1. The van der Waals surface area contributed by atoms with Gasteiger partial charge in [-0.05, 0) is 62.7 Å². The van der Waals surface area contributed by atoms with E-state index in [9.17, 15) is 0 Å². The highest BCUT2D eigenvalue weighted by molar-refractivity contribution is 7.15. The van der Waals surface area contributed by atoms with Gasteiger partial charge < -0.3 is 9.64 Å². The number of likely N-dealkylation sites (tertiary alicyclic amines) is 1. The summed E-state index contributed by atoms with van der Waals surface area (Å²) in [5, 5.41) is 13.5. The highest BCUT2D eigenvalue weighted by atomic mass is 32.1. The second-order valence-electron chi connectivity index (χ2n) is 9.51. The van der Waals surface area contributed by atoms with Crippen LogP contribution in [-0.4, -0.2) is 68.0 Å². The SMILES string of the molecule is COCCN1CCC(c2cnc(-c3n[nH]c(-c4cn5ncnc5c(C)c4C)c3C(C)C)s2)CC1. The fraction of sp³-hybridized carbons (Fsp3) is 0.520. The van der Waals surface area contributed by atoms with Gasteiger partial charge in [0, 0.05) is 42.1 Å². The maximum absolute atomic E-state index is 5.24. The molecule has 0 atom stereocenters. The summed E-state index contributed by atoms with van der Waals surface area (Å²) in [4.78, 5) is 13.1. The average molecular weight is 480 g/mol. The summed E-state index contributed by atoms with van der Waals surface area (Å²) in [6, 6.07) is 0. The van der Waals surface area contributed by atoms with E-state index in [1.165, 1.54) is 28.8 Å². The Morgan fingerprint density at radius 2 is 1.97 bits per heavy atom. The van der Waals surface area contributed by atoms with Crippen molar-refractivity contribution in [1.82, 2.24) is 34.7 Å². The van der Waals surface area contributed by atoms with Crippen molar-refractivity contribution in [2.45, 2.75) is 52.4 Å². The monoisotopic (exact) mass is 479 g/mol. The van der Waals surface area contributed by atoms with Gasteiger partial charge in [-0.25, -0.2) is 14.5 Å². The first kappa shape index (κ1) is 23.1. The number of rotatable bonds is 7. The summed E-state index contributed by atoms with van der Waals surface area (Å²) < 4.78 is 7.09. The lowest BCUT2D eigenvalue weighted by molar-refractivity contribution is 0.130. The average Bonchev–Trinajstić information content (AvgIpc) is 3.59. The van der Waals surface area contributed by atoms with Crippen LogP contribution in [0.15, 0.2) is 18.7 Å². The third kappa shape index (κ3) is 4.16. The van der Waals surface area contributed by atoms with Gasteiger partial charge in [0.2, 0.25) is 0 Å². The molecule has 5 rings (SSSR count). The van der Waals surface area contributed by atoms with Gasteiger partial charge >= 0.3 is 0 Å². The molecule has 9 heteroatoms. The zero-order valence-corrected chi connectivity index (χ0v) is 21.4. The molecule has 1 aliphatic heterocycles. The van der Waals surface area contributed by atoms with E-state index in [4.69, 9.17) is 14.8 Å². The van der Waals surface area contributed by atoms with Crippen LogP contribution in [0.1, 0.15) is 60.1 Å². The lowest BCUT2D eigenvalue weighted by atomic mass is 9.94. The first-order chi connectivity index (χ1) is 16.5. The molecule has 1 fully saturated rings. The van der Waals surface area contributed by atoms with Gasteiger partial charge in [-0.2, -0.15) is 10.2 Å². The number of aromatic nitrogens is 6. The predicted octanol–water partition coefficient (Wildman–Crippen LogP) is 4.81. The van der Waals surface area contributed by atoms with E-state index in [2.05, 4.69) is 60.2 Å². The van der Waals surface area contributed by atoms with Gasteiger partial charge in [-0.3, -0.25) is 5.10 Å². The number of hydrogen-bond acceptors (Lipinski definition) is 7. The molecule has 5 heterocycles. The van der Waals surface area contributed by atoms with E-state index >= 15 is 0 Å². The normalized spacial score (nSPS) is 15.7. The Morgan fingerprint density at radius 3 is 2.71 bits per heavy atom. The first-order valence-corrected chi connectivity index (χ1v) is 12.8. The van der Waals surface area contributed by atoms with Crippen LogP contribution in [0.5, 0.6) is 0 Å². The van der Waals surface area contributed by atoms with E-state index in [1.54, 1.807) is 24.8 Å². The Bertz CT molecular complexity index is 1280. The number of ether oxygens (including phenoxy) is 1. The molecule has 4 aromatic heterocycles. The Hall–Kier alpha value is -2.62. The smallest absolute Gasteiger partial charge is 0.158 e. The number of thiazole rings is 1. The van der Waals surface area contributed by atoms with Crippen LogP contribution in [0.4, 0.5) is 0 Å². The molecule has 34 heavy (non-hydrogen) atoms. The molecule has 0 amide bonds. The van der Waals surface area contributed by atoms with Crippen molar-refractivity contribution in [1.29, 1.82) is 0 Å². The Morgan fingerprint density at radius 1 is 1.18 bits per heavy atom. The molecule has 0 radical (unpaired) electrons. The van der Waals surface area contributed by atoms with Gasteiger partial charge in [0.25, 0.3) is 0 Å². The molecule has 0 aromatic carbocycles. The second kappa shape index (κ2) is 9.56. The summed E-state index contributed by atoms with van der Waals surface area (Å²) in [6.07, 6.45) is 8.07. The number of aromatic amines is 1. The molecule has 0 aliphatic carbocycles. The third-order valence-corrected chi connectivity index (χ3v) is 8.27. The summed E-state index contributed by atoms with van der Waals surface area (Å²) in [5.74, 6) is 0.872. The quantitative estimate of drug-likeness (QED) is 0.410. The minimum atomic E-state index is 0.297.